The molecule has 28 heavy (non-hydrogen) atoms. The molecule has 0 radical (unpaired) electrons. The minimum atomic E-state index is -3.66. The fourth-order valence-electron chi connectivity index (χ4n) is 3.00. The van der Waals surface area contributed by atoms with Gasteiger partial charge < -0.3 is 5.32 Å². The summed E-state index contributed by atoms with van der Waals surface area (Å²) in [4.78, 5) is 13.0. The van der Waals surface area contributed by atoms with E-state index in [0.717, 1.165) is 16.7 Å². The lowest BCUT2D eigenvalue weighted by molar-refractivity contribution is 0.102. The van der Waals surface area contributed by atoms with Crippen LogP contribution in [0, 0.1) is 13.8 Å². The molecule has 1 amide bonds. The Bertz CT molecular complexity index is 1120. The third-order valence-corrected chi connectivity index (χ3v) is 6.24. The Morgan fingerprint density at radius 3 is 2.21 bits per heavy atom. The maximum atomic E-state index is 12.9. The number of rotatable bonds is 5. The van der Waals surface area contributed by atoms with Crippen LogP contribution in [0.1, 0.15) is 21.5 Å². The summed E-state index contributed by atoms with van der Waals surface area (Å²) < 4.78 is 26.9. The number of nitrogens with one attached hydrogen (secondary N) is 2. The van der Waals surface area contributed by atoms with Crippen LogP contribution >= 0.6 is 0 Å². The molecule has 0 unspecified atom stereocenters. The van der Waals surface area contributed by atoms with Crippen LogP contribution in [0.25, 0.3) is 11.1 Å². The summed E-state index contributed by atoms with van der Waals surface area (Å²) in [6.07, 6.45) is 0. The van der Waals surface area contributed by atoms with Gasteiger partial charge in [0.25, 0.3) is 5.91 Å². The molecule has 0 aliphatic heterocycles. The van der Waals surface area contributed by atoms with Gasteiger partial charge in [-0.05, 0) is 55.8 Å². The van der Waals surface area contributed by atoms with Crippen molar-refractivity contribution in [1.82, 2.24) is 4.72 Å². The second-order valence-electron chi connectivity index (χ2n) is 6.49. The number of hydrogen-bond donors (Lipinski definition) is 2. The predicted molar refractivity (Wildman–Crippen MR) is 112 cm³/mol. The van der Waals surface area contributed by atoms with Gasteiger partial charge in [0.2, 0.25) is 10.0 Å². The number of anilines is 1. The van der Waals surface area contributed by atoms with E-state index in [1.807, 2.05) is 54.6 Å². The second kappa shape index (κ2) is 7.96. The maximum absolute atomic E-state index is 12.9. The van der Waals surface area contributed by atoms with E-state index in [1.54, 1.807) is 19.9 Å². The van der Waals surface area contributed by atoms with Gasteiger partial charge in [-0.1, -0.05) is 48.5 Å². The van der Waals surface area contributed by atoms with E-state index in [9.17, 15) is 13.2 Å². The van der Waals surface area contributed by atoms with Crippen LogP contribution in [0.3, 0.4) is 0 Å². The van der Waals surface area contributed by atoms with Crippen LogP contribution in [0.5, 0.6) is 0 Å². The zero-order valence-corrected chi connectivity index (χ0v) is 16.8. The molecular formula is C22H22N2O3S. The van der Waals surface area contributed by atoms with Crippen molar-refractivity contribution < 1.29 is 13.2 Å². The highest BCUT2D eigenvalue weighted by Crippen LogP contribution is 2.28. The molecule has 0 spiro atoms. The van der Waals surface area contributed by atoms with Gasteiger partial charge in [0.1, 0.15) is 0 Å². The largest absolute Gasteiger partial charge is 0.321 e. The molecule has 2 N–H and O–H groups in total. The number of amides is 1. The molecule has 0 bridgehead atoms. The molecule has 0 saturated carbocycles. The summed E-state index contributed by atoms with van der Waals surface area (Å²) in [5, 5.41) is 2.91. The van der Waals surface area contributed by atoms with Crippen molar-refractivity contribution in [2.45, 2.75) is 18.7 Å². The number of aryl methyl sites for hydroxylation is 1. The summed E-state index contributed by atoms with van der Waals surface area (Å²) >= 11 is 0. The van der Waals surface area contributed by atoms with Crippen LogP contribution < -0.4 is 10.0 Å². The SMILES string of the molecule is CNS(=O)(=O)c1cc(C(=O)Nc2ccccc2-c2ccccc2)cc(C)c1C. The van der Waals surface area contributed by atoms with Gasteiger partial charge in [-0.25, -0.2) is 13.1 Å². The summed E-state index contributed by atoms with van der Waals surface area (Å²) in [5.41, 5.74) is 4.18. The molecule has 6 heteroatoms. The fourth-order valence-corrected chi connectivity index (χ4v) is 4.07. The average molecular weight is 394 g/mol. The third-order valence-electron chi connectivity index (χ3n) is 4.70. The zero-order chi connectivity index (χ0) is 20.3. The molecule has 0 heterocycles. The summed E-state index contributed by atoms with van der Waals surface area (Å²) in [5.74, 6) is -0.362. The Hall–Kier alpha value is -2.96. The third kappa shape index (κ3) is 3.98. The van der Waals surface area contributed by atoms with Gasteiger partial charge in [0, 0.05) is 16.8 Å². The highest BCUT2D eigenvalue weighted by molar-refractivity contribution is 7.89. The molecule has 0 saturated heterocycles. The van der Waals surface area contributed by atoms with Gasteiger partial charge in [-0.3, -0.25) is 4.79 Å². The summed E-state index contributed by atoms with van der Waals surface area (Å²) in [6.45, 7) is 3.52. The van der Waals surface area contributed by atoms with E-state index in [1.165, 1.54) is 13.1 Å². The number of benzene rings is 3. The fraction of sp³-hybridized carbons (Fsp3) is 0.136. The molecule has 3 aromatic rings. The minimum absolute atomic E-state index is 0.108. The molecule has 0 fully saturated rings. The van der Waals surface area contributed by atoms with E-state index in [2.05, 4.69) is 10.0 Å². The molecule has 0 aromatic heterocycles. The van der Waals surface area contributed by atoms with Crippen LogP contribution in [0.2, 0.25) is 0 Å². The first kappa shape index (κ1) is 19.8. The predicted octanol–water partition coefficient (Wildman–Crippen LogP) is 4.13. The Balaban J connectivity index is 2.00. The molecule has 0 aliphatic carbocycles. The number of hydrogen-bond acceptors (Lipinski definition) is 3. The molecule has 144 valence electrons. The summed E-state index contributed by atoms with van der Waals surface area (Å²) in [7, 11) is -2.31. The monoisotopic (exact) mass is 394 g/mol. The quantitative estimate of drug-likeness (QED) is 0.683. The van der Waals surface area contributed by atoms with Crippen molar-refractivity contribution in [2.75, 3.05) is 12.4 Å². The molecule has 3 aromatic carbocycles. The number of sulfonamides is 1. The zero-order valence-electron chi connectivity index (χ0n) is 16.0. The van der Waals surface area contributed by atoms with Crippen molar-refractivity contribution in [2.24, 2.45) is 0 Å². The molecular weight excluding hydrogens is 372 g/mol. The smallest absolute Gasteiger partial charge is 0.255 e. The number of carbonyl (C=O) groups is 1. The standard InChI is InChI=1S/C22H22N2O3S/c1-15-13-18(14-21(16(15)2)28(26,27)23-3)22(25)24-20-12-8-7-11-19(20)17-9-5-4-6-10-17/h4-14,23H,1-3H3,(H,24,25). The van der Waals surface area contributed by atoms with Crippen molar-refractivity contribution >= 4 is 21.6 Å². The second-order valence-corrected chi connectivity index (χ2v) is 8.34. The lowest BCUT2D eigenvalue weighted by Crippen LogP contribution is -2.21. The highest BCUT2D eigenvalue weighted by Gasteiger charge is 2.20. The Labute approximate surface area is 165 Å². The normalized spacial score (nSPS) is 11.2. The van der Waals surface area contributed by atoms with E-state index in [-0.39, 0.29) is 10.8 Å². The molecule has 0 aliphatic rings. The maximum Gasteiger partial charge on any atom is 0.255 e. The van der Waals surface area contributed by atoms with Crippen molar-refractivity contribution in [1.29, 1.82) is 0 Å². The van der Waals surface area contributed by atoms with Gasteiger partial charge in [-0.2, -0.15) is 0 Å². The number of para-hydroxylation sites is 1. The van der Waals surface area contributed by atoms with Crippen LogP contribution in [-0.4, -0.2) is 21.4 Å². The van der Waals surface area contributed by atoms with Crippen LogP contribution in [0.15, 0.2) is 71.6 Å². The first-order chi connectivity index (χ1) is 13.3. The lowest BCUT2D eigenvalue weighted by atomic mass is 10.0. The van der Waals surface area contributed by atoms with Gasteiger partial charge in [0.15, 0.2) is 0 Å². The molecule has 3 rings (SSSR count). The first-order valence-corrected chi connectivity index (χ1v) is 10.3. The Morgan fingerprint density at radius 1 is 0.893 bits per heavy atom. The molecule has 5 nitrogen and oxygen atoms in total. The highest BCUT2D eigenvalue weighted by atomic mass is 32.2. The topological polar surface area (TPSA) is 75.3 Å². The number of carbonyl (C=O) groups excluding carboxylic acids is 1. The van der Waals surface area contributed by atoms with E-state index >= 15 is 0 Å². The van der Waals surface area contributed by atoms with E-state index in [0.29, 0.717) is 16.8 Å². The Morgan fingerprint density at radius 2 is 1.54 bits per heavy atom. The van der Waals surface area contributed by atoms with Crippen LogP contribution in [-0.2, 0) is 10.0 Å². The van der Waals surface area contributed by atoms with Gasteiger partial charge in [0.05, 0.1) is 4.90 Å². The minimum Gasteiger partial charge on any atom is -0.321 e. The van der Waals surface area contributed by atoms with Crippen molar-refractivity contribution in [3.8, 4) is 11.1 Å². The lowest BCUT2D eigenvalue weighted by Gasteiger charge is -2.14. The first-order valence-electron chi connectivity index (χ1n) is 8.84. The van der Waals surface area contributed by atoms with E-state index in [4.69, 9.17) is 0 Å². The van der Waals surface area contributed by atoms with Gasteiger partial charge >= 0.3 is 0 Å². The van der Waals surface area contributed by atoms with E-state index < -0.39 is 10.0 Å². The van der Waals surface area contributed by atoms with Crippen LogP contribution in [0.4, 0.5) is 5.69 Å². The van der Waals surface area contributed by atoms with Gasteiger partial charge in [-0.15, -0.1) is 0 Å². The average Bonchev–Trinajstić information content (AvgIpc) is 2.70. The Kier molecular flexibility index (Phi) is 5.63. The summed E-state index contributed by atoms with van der Waals surface area (Å²) in [6, 6.07) is 20.4. The van der Waals surface area contributed by atoms with Crippen molar-refractivity contribution in [3.63, 3.8) is 0 Å². The molecule has 0 atom stereocenters. The van der Waals surface area contributed by atoms with Crippen molar-refractivity contribution in [3.05, 3.63) is 83.4 Å².